The van der Waals surface area contributed by atoms with Crippen LogP contribution in [0.4, 0.5) is 0 Å². The van der Waals surface area contributed by atoms with Crippen LogP contribution in [-0.2, 0) is 0 Å². The molecule has 0 amide bonds. The molecule has 0 bridgehead atoms. The molecule has 1 aromatic heterocycles. The van der Waals surface area contributed by atoms with Crippen LogP contribution < -0.4 is 5.32 Å². The summed E-state index contributed by atoms with van der Waals surface area (Å²) in [6.07, 6.45) is 2.76. The maximum atomic E-state index is 6.29. The standard InChI is InChI=1S/C12H17ClN2S/c13-10-3-8-16-12(10)11(9-1-2-9)15-6-4-14-5-7-15/h3,8-9,11,14H,1-2,4-7H2/t11-/m0/s1. The van der Waals surface area contributed by atoms with Gasteiger partial charge in [-0.1, -0.05) is 11.6 Å². The highest BCUT2D eigenvalue weighted by Gasteiger charge is 2.38. The topological polar surface area (TPSA) is 15.3 Å². The summed E-state index contributed by atoms with van der Waals surface area (Å²) in [5.41, 5.74) is 0. The zero-order valence-electron chi connectivity index (χ0n) is 9.29. The summed E-state index contributed by atoms with van der Waals surface area (Å²) in [5.74, 6) is 0.856. The summed E-state index contributed by atoms with van der Waals surface area (Å²) in [5, 5.41) is 6.51. The lowest BCUT2D eigenvalue weighted by molar-refractivity contribution is 0.159. The van der Waals surface area contributed by atoms with Crippen LogP contribution >= 0.6 is 22.9 Å². The van der Waals surface area contributed by atoms with E-state index in [1.54, 1.807) is 0 Å². The molecule has 2 aliphatic rings. The van der Waals surface area contributed by atoms with Crippen molar-refractivity contribution in [2.24, 2.45) is 5.92 Å². The summed E-state index contributed by atoms with van der Waals surface area (Å²) >= 11 is 8.12. The van der Waals surface area contributed by atoms with Crippen LogP contribution in [0.15, 0.2) is 11.4 Å². The van der Waals surface area contributed by atoms with Crippen LogP contribution in [0.5, 0.6) is 0 Å². The minimum absolute atomic E-state index is 0.592. The first-order valence-corrected chi connectivity index (χ1v) is 7.29. The van der Waals surface area contributed by atoms with Crippen molar-refractivity contribution in [2.75, 3.05) is 26.2 Å². The van der Waals surface area contributed by atoms with Crippen LogP contribution in [0.1, 0.15) is 23.8 Å². The summed E-state index contributed by atoms with van der Waals surface area (Å²) in [6, 6.07) is 2.63. The number of piperazine rings is 1. The van der Waals surface area contributed by atoms with E-state index in [0.717, 1.165) is 37.1 Å². The predicted molar refractivity (Wildman–Crippen MR) is 69.2 cm³/mol. The lowest BCUT2D eigenvalue weighted by Gasteiger charge is -2.34. The van der Waals surface area contributed by atoms with Gasteiger partial charge < -0.3 is 5.32 Å². The normalized spacial score (nSPS) is 24.6. The number of hydrogen-bond donors (Lipinski definition) is 1. The van der Waals surface area contributed by atoms with Gasteiger partial charge in [-0.2, -0.15) is 0 Å². The van der Waals surface area contributed by atoms with Gasteiger partial charge in [0.1, 0.15) is 0 Å². The zero-order valence-corrected chi connectivity index (χ0v) is 10.9. The van der Waals surface area contributed by atoms with Gasteiger partial charge >= 0.3 is 0 Å². The molecule has 2 nitrogen and oxygen atoms in total. The van der Waals surface area contributed by atoms with Gasteiger partial charge in [-0.15, -0.1) is 11.3 Å². The van der Waals surface area contributed by atoms with E-state index in [2.05, 4.69) is 15.6 Å². The van der Waals surface area contributed by atoms with Crippen molar-refractivity contribution < 1.29 is 0 Å². The van der Waals surface area contributed by atoms with Gasteiger partial charge in [0.2, 0.25) is 0 Å². The Labute approximate surface area is 106 Å². The van der Waals surface area contributed by atoms with E-state index in [0.29, 0.717) is 6.04 Å². The van der Waals surface area contributed by atoms with Gasteiger partial charge in [0.15, 0.2) is 0 Å². The number of hydrogen-bond acceptors (Lipinski definition) is 3. The molecule has 0 spiro atoms. The SMILES string of the molecule is Clc1ccsc1[C@H](C1CC1)N1CCNCC1. The molecule has 88 valence electrons. The van der Waals surface area contributed by atoms with Crippen molar-refractivity contribution in [1.82, 2.24) is 10.2 Å². The number of thiophene rings is 1. The molecule has 1 atom stereocenters. The molecule has 1 aromatic rings. The average Bonchev–Trinajstić information content (AvgIpc) is 3.05. The van der Waals surface area contributed by atoms with E-state index in [1.165, 1.54) is 17.7 Å². The maximum Gasteiger partial charge on any atom is 0.0561 e. The Morgan fingerprint density at radius 1 is 1.38 bits per heavy atom. The summed E-state index contributed by atoms with van der Waals surface area (Å²) in [6.45, 7) is 4.56. The monoisotopic (exact) mass is 256 g/mol. The van der Waals surface area contributed by atoms with E-state index in [1.807, 2.05) is 17.4 Å². The number of rotatable bonds is 3. The van der Waals surface area contributed by atoms with Crippen molar-refractivity contribution >= 4 is 22.9 Å². The zero-order chi connectivity index (χ0) is 11.0. The number of halogens is 1. The van der Waals surface area contributed by atoms with Crippen molar-refractivity contribution in [3.63, 3.8) is 0 Å². The minimum atomic E-state index is 0.592. The molecule has 1 saturated carbocycles. The number of nitrogens with zero attached hydrogens (tertiary/aromatic N) is 1. The maximum absolute atomic E-state index is 6.29. The predicted octanol–water partition coefficient (Wildman–Crippen LogP) is 2.76. The van der Waals surface area contributed by atoms with E-state index in [4.69, 9.17) is 11.6 Å². The summed E-state index contributed by atoms with van der Waals surface area (Å²) in [4.78, 5) is 4.01. The van der Waals surface area contributed by atoms with Crippen LogP contribution in [-0.4, -0.2) is 31.1 Å². The molecule has 1 N–H and O–H groups in total. The van der Waals surface area contributed by atoms with Crippen LogP contribution in [0.25, 0.3) is 0 Å². The fourth-order valence-electron chi connectivity index (χ4n) is 2.57. The van der Waals surface area contributed by atoms with Gasteiger partial charge in [0, 0.05) is 37.1 Å². The molecular formula is C12H17ClN2S. The highest BCUT2D eigenvalue weighted by molar-refractivity contribution is 7.10. The second-order valence-corrected chi connectivity index (χ2v) is 6.06. The second-order valence-electron chi connectivity index (χ2n) is 4.70. The molecule has 0 unspecified atom stereocenters. The minimum Gasteiger partial charge on any atom is -0.314 e. The van der Waals surface area contributed by atoms with Gasteiger partial charge in [-0.3, -0.25) is 4.90 Å². The molecule has 2 heterocycles. The molecule has 1 aliphatic heterocycles. The Hall–Kier alpha value is -0.0900. The molecule has 2 fully saturated rings. The highest BCUT2D eigenvalue weighted by atomic mass is 35.5. The summed E-state index contributed by atoms with van der Waals surface area (Å²) < 4.78 is 0. The Balaban J connectivity index is 1.83. The molecule has 4 heteroatoms. The highest BCUT2D eigenvalue weighted by Crippen LogP contribution is 2.47. The summed E-state index contributed by atoms with van der Waals surface area (Å²) in [7, 11) is 0. The van der Waals surface area contributed by atoms with E-state index < -0.39 is 0 Å². The Kier molecular flexibility index (Phi) is 3.20. The fraction of sp³-hybridized carbons (Fsp3) is 0.667. The van der Waals surface area contributed by atoms with Gasteiger partial charge in [-0.25, -0.2) is 0 Å². The van der Waals surface area contributed by atoms with Gasteiger partial charge in [0.05, 0.1) is 5.02 Å². The van der Waals surface area contributed by atoms with Gasteiger partial charge in [-0.05, 0) is 30.2 Å². The van der Waals surface area contributed by atoms with Crippen molar-refractivity contribution in [3.8, 4) is 0 Å². The molecule has 0 radical (unpaired) electrons. The Morgan fingerprint density at radius 3 is 2.69 bits per heavy atom. The first-order valence-electron chi connectivity index (χ1n) is 6.04. The first kappa shape index (κ1) is 11.0. The van der Waals surface area contributed by atoms with Gasteiger partial charge in [0.25, 0.3) is 0 Å². The average molecular weight is 257 g/mol. The lowest BCUT2D eigenvalue weighted by atomic mass is 10.1. The van der Waals surface area contributed by atoms with Crippen LogP contribution in [0, 0.1) is 5.92 Å². The lowest BCUT2D eigenvalue weighted by Crippen LogP contribution is -2.45. The van der Waals surface area contributed by atoms with E-state index in [-0.39, 0.29) is 0 Å². The first-order chi connectivity index (χ1) is 7.86. The van der Waals surface area contributed by atoms with Crippen LogP contribution in [0.2, 0.25) is 5.02 Å². The molecule has 3 rings (SSSR count). The Morgan fingerprint density at radius 2 is 2.12 bits per heavy atom. The van der Waals surface area contributed by atoms with Crippen molar-refractivity contribution in [1.29, 1.82) is 0 Å². The van der Waals surface area contributed by atoms with Crippen LogP contribution in [0.3, 0.4) is 0 Å². The molecule has 1 saturated heterocycles. The smallest absolute Gasteiger partial charge is 0.0561 e. The van der Waals surface area contributed by atoms with Crippen molar-refractivity contribution in [2.45, 2.75) is 18.9 Å². The van der Waals surface area contributed by atoms with E-state index >= 15 is 0 Å². The molecule has 0 aromatic carbocycles. The third-order valence-corrected chi connectivity index (χ3v) is 4.96. The quantitative estimate of drug-likeness (QED) is 0.895. The third kappa shape index (κ3) is 2.14. The van der Waals surface area contributed by atoms with Crippen molar-refractivity contribution in [3.05, 3.63) is 21.3 Å². The van der Waals surface area contributed by atoms with E-state index in [9.17, 15) is 0 Å². The molecule has 16 heavy (non-hydrogen) atoms. The largest absolute Gasteiger partial charge is 0.314 e. The second kappa shape index (κ2) is 4.65. The fourth-order valence-corrected chi connectivity index (χ4v) is 3.96. The number of nitrogens with one attached hydrogen (secondary N) is 1. The Bertz CT molecular complexity index is 356. The molecule has 1 aliphatic carbocycles. The third-order valence-electron chi connectivity index (χ3n) is 3.53. The molecular weight excluding hydrogens is 240 g/mol.